The molecule has 1 rings (SSSR count). The van der Waals surface area contributed by atoms with Crippen LogP contribution >= 0.6 is 0 Å². The van der Waals surface area contributed by atoms with Crippen LogP contribution in [0.5, 0.6) is 5.88 Å². The molecule has 0 atom stereocenters. The Labute approximate surface area is 99.2 Å². The molecule has 18 heavy (non-hydrogen) atoms. The standard InChI is InChI=1S/C9H10F5N3O/c1-2-15-8-16-5(9(12,13)14)3-7(17-8)18-4-6(10)11/h3,6H,2,4H2,1H3,(H,15,16,17). The van der Waals surface area contributed by atoms with E-state index in [9.17, 15) is 22.0 Å². The Balaban J connectivity index is 2.98. The van der Waals surface area contributed by atoms with Gasteiger partial charge < -0.3 is 10.1 Å². The van der Waals surface area contributed by atoms with Crippen LogP contribution in [0, 0.1) is 0 Å². The number of nitrogens with one attached hydrogen (secondary N) is 1. The van der Waals surface area contributed by atoms with Crippen LogP contribution in [-0.4, -0.2) is 29.5 Å². The fourth-order valence-corrected chi connectivity index (χ4v) is 1.03. The van der Waals surface area contributed by atoms with Gasteiger partial charge in [-0.1, -0.05) is 0 Å². The summed E-state index contributed by atoms with van der Waals surface area (Å²) < 4.78 is 65.6. The molecule has 0 aliphatic rings. The highest BCUT2D eigenvalue weighted by Gasteiger charge is 2.34. The molecule has 9 heteroatoms. The van der Waals surface area contributed by atoms with Gasteiger partial charge in [0.25, 0.3) is 6.43 Å². The number of hydrogen-bond donors (Lipinski definition) is 1. The summed E-state index contributed by atoms with van der Waals surface area (Å²) in [5, 5.41) is 2.46. The summed E-state index contributed by atoms with van der Waals surface area (Å²) in [6.07, 6.45) is -7.49. The first-order chi connectivity index (χ1) is 8.32. The quantitative estimate of drug-likeness (QED) is 0.836. The number of nitrogens with zero attached hydrogens (tertiary/aromatic N) is 2. The molecule has 0 spiro atoms. The predicted octanol–water partition coefficient (Wildman–Crippen LogP) is 2.57. The topological polar surface area (TPSA) is 47.0 Å². The molecule has 0 saturated heterocycles. The summed E-state index contributed by atoms with van der Waals surface area (Å²) >= 11 is 0. The van der Waals surface area contributed by atoms with Gasteiger partial charge in [-0.05, 0) is 6.92 Å². The maximum absolute atomic E-state index is 12.5. The minimum Gasteiger partial charge on any atom is -0.471 e. The number of ether oxygens (including phenoxy) is 1. The lowest BCUT2D eigenvalue weighted by Gasteiger charge is -2.11. The normalized spacial score (nSPS) is 11.7. The van der Waals surface area contributed by atoms with Gasteiger partial charge in [-0.25, -0.2) is 13.8 Å². The van der Waals surface area contributed by atoms with E-state index >= 15 is 0 Å². The van der Waals surface area contributed by atoms with Gasteiger partial charge in [-0.3, -0.25) is 0 Å². The third-order valence-corrected chi connectivity index (χ3v) is 1.69. The molecule has 0 aliphatic heterocycles. The third-order valence-electron chi connectivity index (χ3n) is 1.69. The van der Waals surface area contributed by atoms with Crippen molar-refractivity contribution < 1.29 is 26.7 Å². The van der Waals surface area contributed by atoms with Gasteiger partial charge in [0, 0.05) is 12.6 Å². The van der Waals surface area contributed by atoms with E-state index in [1.54, 1.807) is 6.92 Å². The van der Waals surface area contributed by atoms with Gasteiger partial charge in [-0.2, -0.15) is 18.2 Å². The molecule has 102 valence electrons. The number of anilines is 1. The first kappa shape index (κ1) is 14.4. The average molecular weight is 271 g/mol. The van der Waals surface area contributed by atoms with Crippen LogP contribution in [0.25, 0.3) is 0 Å². The summed E-state index contributed by atoms with van der Waals surface area (Å²) in [4.78, 5) is 6.74. The second kappa shape index (κ2) is 5.78. The molecule has 4 nitrogen and oxygen atoms in total. The van der Waals surface area contributed by atoms with Gasteiger partial charge in [0.2, 0.25) is 11.8 Å². The number of hydrogen-bond acceptors (Lipinski definition) is 4. The molecule has 0 bridgehead atoms. The van der Waals surface area contributed by atoms with Crippen molar-refractivity contribution in [3.63, 3.8) is 0 Å². The molecule has 0 radical (unpaired) electrons. The van der Waals surface area contributed by atoms with Crippen molar-refractivity contribution in [2.24, 2.45) is 0 Å². The molecule has 0 aromatic carbocycles. The number of halogens is 5. The van der Waals surface area contributed by atoms with Crippen LogP contribution in [0.3, 0.4) is 0 Å². The van der Waals surface area contributed by atoms with Crippen LogP contribution in [0.15, 0.2) is 6.07 Å². The fraction of sp³-hybridized carbons (Fsp3) is 0.556. The molecule has 0 unspecified atom stereocenters. The molecular formula is C9H10F5N3O. The maximum atomic E-state index is 12.5. The third kappa shape index (κ3) is 4.30. The molecule has 1 aromatic rings. The van der Waals surface area contributed by atoms with Crippen molar-refractivity contribution in [3.8, 4) is 5.88 Å². The number of rotatable bonds is 5. The van der Waals surface area contributed by atoms with Crippen molar-refractivity contribution in [2.45, 2.75) is 19.5 Å². The Morgan fingerprint density at radius 2 is 2.00 bits per heavy atom. The van der Waals surface area contributed by atoms with Crippen molar-refractivity contribution >= 4 is 5.95 Å². The lowest BCUT2D eigenvalue weighted by Crippen LogP contribution is -2.14. The Morgan fingerprint density at radius 1 is 1.33 bits per heavy atom. The van der Waals surface area contributed by atoms with Crippen LogP contribution in [0.1, 0.15) is 12.6 Å². The second-order valence-electron chi connectivity index (χ2n) is 3.15. The highest BCUT2D eigenvalue weighted by atomic mass is 19.4. The monoisotopic (exact) mass is 271 g/mol. The average Bonchev–Trinajstić information content (AvgIpc) is 2.25. The zero-order chi connectivity index (χ0) is 13.8. The molecule has 0 fully saturated rings. The minimum atomic E-state index is -4.70. The highest BCUT2D eigenvalue weighted by molar-refractivity contribution is 5.31. The molecule has 1 aromatic heterocycles. The molecule has 1 N–H and O–H groups in total. The van der Waals surface area contributed by atoms with Gasteiger partial charge in [0.1, 0.15) is 0 Å². The van der Waals surface area contributed by atoms with E-state index in [2.05, 4.69) is 20.0 Å². The van der Waals surface area contributed by atoms with E-state index in [1.165, 1.54) is 0 Å². The van der Waals surface area contributed by atoms with Crippen molar-refractivity contribution in [1.82, 2.24) is 9.97 Å². The fourth-order valence-electron chi connectivity index (χ4n) is 1.03. The van der Waals surface area contributed by atoms with Crippen LogP contribution in [0.4, 0.5) is 27.9 Å². The number of alkyl halides is 5. The summed E-state index contributed by atoms with van der Waals surface area (Å²) in [5.74, 6) is -0.870. The Morgan fingerprint density at radius 3 is 2.50 bits per heavy atom. The Hall–Kier alpha value is -1.67. The second-order valence-corrected chi connectivity index (χ2v) is 3.15. The van der Waals surface area contributed by atoms with Crippen molar-refractivity contribution in [2.75, 3.05) is 18.5 Å². The summed E-state index contributed by atoms with van der Waals surface area (Å²) in [5.41, 5.74) is -1.25. The minimum absolute atomic E-state index is 0.287. The molecule has 0 amide bonds. The van der Waals surface area contributed by atoms with E-state index in [-0.39, 0.29) is 12.5 Å². The highest BCUT2D eigenvalue weighted by Crippen LogP contribution is 2.30. The largest absolute Gasteiger partial charge is 0.471 e. The summed E-state index contributed by atoms with van der Waals surface area (Å²) in [6, 6.07) is 0.475. The molecular weight excluding hydrogens is 261 g/mol. The summed E-state index contributed by atoms with van der Waals surface area (Å²) in [7, 11) is 0. The SMILES string of the molecule is CCNc1nc(OCC(F)F)cc(C(F)(F)F)n1. The van der Waals surface area contributed by atoms with E-state index < -0.39 is 30.8 Å². The van der Waals surface area contributed by atoms with E-state index in [1.807, 2.05) is 0 Å². The molecule has 1 heterocycles. The van der Waals surface area contributed by atoms with Gasteiger partial charge in [0.05, 0.1) is 0 Å². The smallest absolute Gasteiger partial charge is 0.433 e. The van der Waals surface area contributed by atoms with Gasteiger partial charge in [0.15, 0.2) is 12.3 Å². The van der Waals surface area contributed by atoms with Gasteiger partial charge >= 0.3 is 6.18 Å². The van der Waals surface area contributed by atoms with E-state index in [0.717, 1.165) is 0 Å². The maximum Gasteiger partial charge on any atom is 0.433 e. The van der Waals surface area contributed by atoms with Gasteiger partial charge in [-0.15, -0.1) is 0 Å². The van der Waals surface area contributed by atoms with Crippen molar-refractivity contribution in [1.29, 1.82) is 0 Å². The zero-order valence-corrected chi connectivity index (χ0v) is 9.26. The lowest BCUT2D eigenvalue weighted by atomic mass is 10.4. The zero-order valence-electron chi connectivity index (χ0n) is 9.26. The Kier molecular flexibility index (Phi) is 4.62. The molecule has 0 aliphatic carbocycles. The van der Waals surface area contributed by atoms with Crippen molar-refractivity contribution in [3.05, 3.63) is 11.8 Å². The van der Waals surface area contributed by atoms with Crippen LogP contribution in [0.2, 0.25) is 0 Å². The Bertz CT molecular complexity index is 396. The van der Waals surface area contributed by atoms with E-state index in [0.29, 0.717) is 6.07 Å². The van der Waals surface area contributed by atoms with Crippen LogP contribution < -0.4 is 10.1 Å². The van der Waals surface area contributed by atoms with Crippen LogP contribution in [-0.2, 0) is 6.18 Å². The number of aromatic nitrogens is 2. The first-order valence-electron chi connectivity index (χ1n) is 4.94. The first-order valence-corrected chi connectivity index (χ1v) is 4.94. The van der Waals surface area contributed by atoms with E-state index in [4.69, 9.17) is 0 Å². The lowest BCUT2D eigenvalue weighted by molar-refractivity contribution is -0.141. The summed E-state index contributed by atoms with van der Waals surface area (Å²) in [6.45, 7) is 0.888. The molecule has 0 saturated carbocycles. The predicted molar refractivity (Wildman–Crippen MR) is 52.7 cm³/mol.